The lowest BCUT2D eigenvalue weighted by Crippen LogP contribution is -2.27. The summed E-state index contributed by atoms with van der Waals surface area (Å²) in [5, 5.41) is 2.44. The molecule has 1 unspecified atom stereocenters. The minimum absolute atomic E-state index is 0.137. The molecule has 0 aliphatic carbocycles. The van der Waals surface area contributed by atoms with Gasteiger partial charge in [-0.25, -0.2) is 8.42 Å². The van der Waals surface area contributed by atoms with E-state index in [0.29, 0.717) is 5.75 Å². The van der Waals surface area contributed by atoms with E-state index in [4.69, 9.17) is 15.1 Å². The third kappa shape index (κ3) is 4.38. The molecular formula is C8H9BrClNO5S2. The molecule has 1 atom stereocenters. The van der Waals surface area contributed by atoms with Crippen LogP contribution >= 0.6 is 26.6 Å². The predicted octanol–water partition coefficient (Wildman–Crippen LogP) is 1.08. The monoisotopic (exact) mass is 377 g/mol. The number of nitrogens with one attached hydrogen (secondary N) is 1. The highest BCUT2D eigenvalue weighted by atomic mass is 79.9. The van der Waals surface area contributed by atoms with Crippen molar-refractivity contribution in [3.8, 4) is 0 Å². The normalized spacial score (nSPS) is 13.3. The van der Waals surface area contributed by atoms with E-state index in [1.54, 1.807) is 0 Å². The molecule has 0 aromatic carbocycles. The lowest BCUT2D eigenvalue weighted by Gasteiger charge is -2.00. The Morgan fingerprint density at radius 1 is 1.61 bits per heavy atom. The first-order chi connectivity index (χ1) is 8.21. The van der Waals surface area contributed by atoms with E-state index in [-0.39, 0.29) is 21.9 Å². The third-order valence-electron chi connectivity index (χ3n) is 1.82. The molecule has 0 aliphatic rings. The molecule has 10 heteroatoms. The van der Waals surface area contributed by atoms with Gasteiger partial charge in [-0.15, -0.1) is 0 Å². The van der Waals surface area contributed by atoms with E-state index in [9.17, 15) is 17.4 Å². The van der Waals surface area contributed by atoms with Gasteiger partial charge in [-0.2, -0.15) is 0 Å². The number of carbonyl (C=O) groups excluding carboxylic acids is 1. The number of hydrogen-bond donors (Lipinski definition) is 1. The second-order valence-corrected chi connectivity index (χ2v) is 8.03. The van der Waals surface area contributed by atoms with Crippen LogP contribution in [0.15, 0.2) is 20.0 Å². The van der Waals surface area contributed by atoms with Crippen molar-refractivity contribution in [3.63, 3.8) is 0 Å². The average molecular weight is 379 g/mol. The molecule has 6 nitrogen and oxygen atoms in total. The van der Waals surface area contributed by atoms with Crippen molar-refractivity contribution < 1.29 is 21.8 Å². The predicted molar refractivity (Wildman–Crippen MR) is 70.7 cm³/mol. The van der Waals surface area contributed by atoms with Crippen molar-refractivity contribution in [1.29, 1.82) is 0 Å². The summed E-state index contributed by atoms with van der Waals surface area (Å²) in [5.74, 6) is -0.496. The quantitative estimate of drug-likeness (QED) is 0.774. The van der Waals surface area contributed by atoms with E-state index in [1.165, 1.54) is 6.26 Å². The fourth-order valence-corrected chi connectivity index (χ4v) is 3.45. The van der Waals surface area contributed by atoms with Crippen LogP contribution in [0.2, 0.25) is 0 Å². The minimum Gasteiger partial charge on any atom is -0.443 e. The minimum atomic E-state index is -3.98. The second-order valence-electron chi connectivity index (χ2n) is 3.22. The van der Waals surface area contributed by atoms with Crippen molar-refractivity contribution in [2.75, 3.05) is 18.6 Å². The third-order valence-corrected chi connectivity index (χ3v) is 4.77. The van der Waals surface area contributed by atoms with E-state index in [0.717, 1.165) is 6.07 Å². The van der Waals surface area contributed by atoms with Crippen LogP contribution in [-0.4, -0.2) is 37.1 Å². The zero-order valence-electron chi connectivity index (χ0n) is 9.11. The molecule has 0 saturated heterocycles. The Hall–Kier alpha value is -0.380. The molecule has 1 aromatic rings. The zero-order valence-corrected chi connectivity index (χ0v) is 13.1. The summed E-state index contributed by atoms with van der Waals surface area (Å²) in [6.07, 6.45) is 1.51. The number of halogens is 2. The average Bonchev–Trinajstić information content (AvgIpc) is 2.59. The van der Waals surface area contributed by atoms with Crippen LogP contribution in [0.4, 0.5) is 0 Å². The number of carbonyl (C=O) groups is 1. The lowest BCUT2D eigenvalue weighted by molar-refractivity contribution is 0.0927. The Bertz CT molecular complexity index is 582. The van der Waals surface area contributed by atoms with Gasteiger partial charge in [0.15, 0.2) is 10.4 Å². The molecule has 1 rings (SSSR count). The molecule has 0 aliphatic heterocycles. The van der Waals surface area contributed by atoms with Gasteiger partial charge < -0.3 is 9.73 Å². The maximum Gasteiger partial charge on any atom is 0.287 e. The molecule has 1 amide bonds. The summed E-state index contributed by atoms with van der Waals surface area (Å²) in [6.45, 7) is 0.198. The first kappa shape index (κ1) is 15.7. The summed E-state index contributed by atoms with van der Waals surface area (Å²) in [4.78, 5) is 11.2. The molecule has 0 radical (unpaired) electrons. The highest BCUT2D eigenvalue weighted by molar-refractivity contribution is 9.10. The van der Waals surface area contributed by atoms with Crippen LogP contribution in [0.1, 0.15) is 10.6 Å². The van der Waals surface area contributed by atoms with Crippen molar-refractivity contribution in [2.24, 2.45) is 0 Å². The van der Waals surface area contributed by atoms with E-state index in [2.05, 4.69) is 21.2 Å². The molecule has 0 spiro atoms. The molecule has 0 bridgehead atoms. The Labute approximate surface area is 119 Å². The SMILES string of the molecule is CS(=O)CCNC(=O)c1cc(S(=O)(=O)Cl)c(Br)o1. The summed E-state index contributed by atoms with van der Waals surface area (Å²) in [6, 6.07) is 1.02. The zero-order chi connectivity index (χ0) is 13.9. The lowest BCUT2D eigenvalue weighted by atomic mass is 10.4. The summed E-state index contributed by atoms with van der Waals surface area (Å²) >= 11 is 2.85. The maximum atomic E-state index is 11.6. The highest BCUT2D eigenvalue weighted by Crippen LogP contribution is 2.28. The van der Waals surface area contributed by atoms with E-state index >= 15 is 0 Å². The molecule has 0 fully saturated rings. The molecule has 18 heavy (non-hydrogen) atoms. The first-order valence-electron chi connectivity index (χ1n) is 4.54. The van der Waals surface area contributed by atoms with Gasteiger partial charge in [0.25, 0.3) is 15.0 Å². The van der Waals surface area contributed by atoms with Gasteiger partial charge in [0, 0.05) is 46.1 Å². The van der Waals surface area contributed by atoms with Gasteiger partial charge >= 0.3 is 0 Å². The Kier molecular flexibility index (Phi) is 5.38. The van der Waals surface area contributed by atoms with Crippen molar-refractivity contribution >= 4 is 52.4 Å². The molecule has 0 saturated carbocycles. The number of amides is 1. The van der Waals surface area contributed by atoms with Crippen LogP contribution in [0.5, 0.6) is 0 Å². The van der Waals surface area contributed by atoms with Gasteiger partial charge in [-0.1, -0.05) is 0 Å². The summed E-state index contributed by atoms with van der Waals surface area (Å²) < 4.78 is 37.8. The van der Waals surface area contributed by atoms with Gasteiger partial charge in [-0.3, -0.25) is 9.00 Å². The van der Waals surface area contributed by atoms with Gasteiger partial charge in [-0.05, 0) is 15.9 Å². The molecule has 1 heterocycles. The Morgan fingerprint density at radius 2 is 2.22 bits per heavy atom. The van der Waals surface area contributed by atoms with E-state index < -0.39 is 25.8 Å². The molecule has 1 N–H and O–H groups in total. The first-order valence-corrected chi connectivity index (χ1v) is 9.37. The van der Waals surface area contributed by atoms with Crippen LogP contribution in [0.25, 0.3) is 0 Å². The molecule has 1 aromatic heterocycles. The van der Waals surface area contributed by atoms with E-state index in [1.807, 2.05) is 0 Å². The maximum absolute atomic E-state index is 11.6. The van der Waals surface area contributed by atoms with Crippen molar-refractivity contribution in [1.82, 2.24) is 5.32 Å². The largest absolute Gasteiger partial charge is 0.443 e. The number of furan rings is 1. The topological polar surface area (TPSA) is 93.5 Å². The van der Waals surface area contributed by atoms with Gasteiger partial charge in [0.1, 0.15) is 4.90 Å². The summed E-state index contributed by atoms with van der Waals surface area (Å²) in [7, 11) is 0.138. The molecular weight excluding hydrogens is 370 g/mol. The fourth-order valence-electron chi connectivity index (χ4n) is 1.03. The van der Waals surface area contributed by atoms with Crippen LogP contribution in [-0.2, 0) is 19.9 Å². The van der Waals surface area contributed by atoms with Crippen LogP contribution < -0.4 is 5.32 Å². The van der Waals surface area contributed by atoms with Gasteiger partial charge in [0.05, 0.1) is 0 Å². The van der Waals surface area contributed by atoms with Gasteiger partial charge in [0.2, 0.25) is 0 Å². The van der Waals surface area contributed by atoms with Crippen molar-refractivity contribution in [3.05, 3.63) is 16.5 Å². The second kappa shape index (κ2) is 6.18. The van der Waals surface area contributed by atoms with Crippen LogP contribution in [0.3, 0.4) is 0 Å². The summed E-state index contributed by atoms with van der Waals surface area (Å²) in [5.41, 5.74) is 0. The standard InChI is InChI=1S/C8H9BrClNO5S2/c1-17(13)3-2-11-8(12)5-4-6(7(9)16-5)18(10,14)15/h4H,2-3H2,1H3,(H,11,12). The fraction of sp³-hybridized carbons (Fsp3) is 0.375. The highest BCUT2D eigenvalue weighted by Gasteiger charge is 2.23. The smallest absolute Gasteiger partial charge is 0.287 e. The number of hydrogen-bond acceptors (Lipinski definition) is 5. The Balaban J connectivity index is 2.79. The Morgan fingerprint density at radius 3 is 2.67 bits per heavy atom. The molecule has 102 valence electrons. The van der Waals surface area contributed by atoms with Crippen LogP contribution in [0, 0.1) is 0 Å². The van der Waals surface area contributed by atoms with Crippen molar-refractivity contribution in [2.45, 2.75) is 4.90 Å². The number of rotatable bonds is 5.